The Balaban J connectivity index is 2.80. The molecule has 0 radical (unpaired) electrons. The van der Waals surface area contributed by atoms with Gasteiger partial charge in [-0.1, -0.05) is 18.2 Å². The molecular formula is C11H13NO4. The van der Waals surface area contributed by atoms with Crippen molar-refractivity contribution in [3.63, 3.8) is 0 Å². The molecule has 0 spiro atoms. The number of benzene rings is 1. The topological polar surface area (TPSA) is 86.6 Å². The lowest BCUT2D eigenvalue weighted by atomic mass is 10.1. The molecule has 3 N–H and O–H groups in total. The standard InChI is InChI=1S/C11H13NO4/c1-7-4-2-3-5-8(7)10(14)12-9(6-13)11(15)16/h2-5,9,13H,6H2,1H3,(H,12,14)(H,15,16)/t9-/m0/s1. The minimum absolute atomic E-state index is 0.405. The van der Waals surface area contributed by atoms with Crippen LogP contribution in [-0.2, 0) is 4.79 Å². The van der Waals surface area contributed by atoms with E-state index in [1.165, 1.54) is 0 Å². The van der Waals surface area contributed by atoms with Crippen molar-refractivity contribution in [2.45, 2.75) is 13.0 Å². The van der Waals surface area contributed by atoms with E-state index < -0.39 is 24.5 Å². The smallest absolute Gasteiger partial charge is 0.328 e. The predicted octanol–water partition coefficient (Wildman–Crippen LogP) is 0.170. The third-order valence-corrected chi connectivity index (χ3v) is 2.18. The largest absolute Gasteiger partial charge is 0.480 e. The first-order valence-electron chi connectivity index (χ1n) is 4.76. The number of aliphatic hydroxyl groups is 1. The molecule has 1 aromatic rings. The molecule has 1 amide bonds. The van der Waals surface area contributed by atoms with Crippen molar-refractivity contribution >= 4 is 11.9 Å². The number of hydrogen-bond donors (Lipinski definition) is 3. The zero-order chi connectivity index (χ0) is 12.1. The highest BCUT2D eigenvalue weighted by molar-refractivity contribution is 5.97. The zero-order valence-electron chi connectivity index (χ0n) is 8.80. The molecular weight excluding hydrogens is 210 g/mol. The van der Waals surface area contributed by atoms with E-state index in [4.69, 9.17) is 10.2 Å². The number of carboxylic acids is 1. The van der Waals surface area contributed by atoms with Crippen LogP contribution in [0.25, 0.3) is 0 Å². The highest BCUT2D eigenvalue weighted by Gasteiger charge is 2.19. The van der Waals surface area contributed by atoms with E-state index in [0.29, 0.717) is 5.56 Å². The first-order chi connectivity index (χ1) is 7.56. The van der Waals surface area contributed by atoms with Crippen molar-refractivity contribution in [1.82, 2.24) is 5.32 Å². The van der Waals surface area contributed by atoms with Crippen molar-refractivity contribution in [2.24, 2.45) is 0 Å². The molecule has 0 aliphatic carbocycles. The van der Waals surface area contributed by atoms with Crippen LogP contribution in [0.2, 0.25) is 0 Å². The zero-order valence-corrected chi connectivity index (χ0v) is 8.80. The summed E-state index contributed by atoms with van der Waals surface area (Å²) >= 11 is 0. The minimum atomic E-state index is -1.27. The third kappa shape index (κ3) is 2.80. The van der Waals surface area contributed by atoms with Crippen LogP contribution in [0, 0.1) is 6.92 Å². The Labute approximate surface area is 92.7 Å². The molecule has 0 unspecified atom stereocenters. The molecule has 0 saturated heterocycles. The molecule has 1 aromatic carbocycles. The van der Waals surface area contributed by atoms with Gasteiger partial charge in [0.15, 0.2) is 6.04 Å². The van der Waals surface area contributed by atoms with Crippen molar-refractivity contribution in [2.75, 3.05) is 6.61 Å². The van der Waals surface area contributed by atoms with Crippen LogP contribution in [0.15, 0.2) is 24.3 Å². The van der Waals surface area contributed by atoms with Gasteiger partial charge in [0.2, 0.25) is 0 Å². The van der Waals surface area contributed by atoms with Crippen molar-refractivity contribution in [3.8, 4) is 0 Å². The maximum Gasteiger partial charge on any atom is 0.328 e. The highest BCUT2D eigenvalue weighted by atomic mass is 16.4. The Morgan fingerprint density at radius 2 is 2.00 bits per heavy atom. The summed E-state index contributed by atoms with van der Waals surface area (Å²) in [7, 11) is 0. The summed E-state index contributed by atoms with van der Waals surface area (Å²) in [5.41, 5.74) is 1.16. The molecule has 86 valence electrons. The van der Waals surface area contributed by atoms with Crippen LogP contribution in [0.3, 0.4) is 0 Å². The lowest BCUT2D eigenvalue weighted by Crippen LogP contribution is -2.43. The van der Waals surface area contributed by atoms with E-state index in [1.54, 1.807) is 31.2 Å². The molecule has 16 heavy (non-hydrogen) atoms. The summed E-state index contributed by atoms with van der Waals surface area (Å²) in [5.74, 6) is -1.76. The number of rotatable bonds is 4. The van der Waals surface area contributed by atoms with Gasteiger partial charge in [-0.2, -0.15) is 0 Å². The van der Waals surface area contributed by atoms with E-state index in [-0.39, 0.29) is 0 Å². The van der Waals surface area contributed by atoms with Crippen LogP contribution in [0.4, 0.5) is 0 Å². The average molecular weight is 223 g/mol. The molecule has 0 bridgehead atoms. The molecule has 5 heteroatoms. The third-order valence-electron chi connectivity index (χ3n) is 2.18. The van der Waals surface area contributed by atoms with Crippen LogP contribution >= 0.6 is 0 Å². The molecule has 1 rings (SSSR count). The van der Waals surface area contributed by atoms with Gasteiger partial charge in [0.1, 0.15) is 0 Å². The quantitative estimate of drug-likeness (QED) is 0.679. The molecule has 0 aliphatic rings. The fourth-order valence-electron chi connectivity index (χ4n) is 1.25. The number of aryl methyl sites for hydroxylation is 1. The summed E-state index contributed by atoms with van der Waals surface area (Å²) in [6.07, 6.45) is 0. The summed E-state index contributed by atoms with van der Waals surface area (Å²) in [4.78, 5) is 22.3. The second-order valence-electron chi connectivity index (χ2n) is 3.36. The molecule has 0 fully saturated rings. The van der Waals surface area contributed by atoms with Crippen LogP contribution in [0.1, 0.15) is 15.9 Å². The van der Waals surface area contributed by atoms with Crippen LogP contribution in [0.5, 0.6) is 0 Å². The second kappa shape index (κ2) is 5.27. The molecule has 0 aliphatic heterocycles. The number of carboxylic acid groups (broad SMARTS) is 1. The summed E-state index contributed by atoms with van der Waals surface area (Å²) < 4.78 is 0. The van der Waals surface area contributed by atoms with Gasteiger partial charge in [0.25, 0.3) is 5.91 Å². The van der Waals surface area contributed by atoms with Crippen LogP contribution in [-0.4, -0.2) is 34.7 Å². The first-order valence-corrected chi connectivity index (χ1v) is 4.76. The Kier molecular flexibility index (Phi) is 4.02. The molecule has 5 nitrogen and oxygen atoms in total. The molecule has 1 atom stereocenters. The SMILES string of the molecule is Cc1ccccc1C(=O)N[C@@H](CO)C(=O)O. The Bertz CT molecular complexity index is 403. The highest BCUT2D eigenvalue weighted by Crippen LogP contribution is 2.06. The van der Waals surface area contributed by atoms with Gasteiger partial charge in [0, 0.05) is 5.56 Å². The number of nitrogens with one attached hydrogen (secondary N) is 1. The van der Waals surface area contributed by atoms with E-state index >= 15 is 0 Å². The summed E-state index contributed by atoms with van der Waals surface area (Å²) in [6.45, 7) is 1.12. The van der Waals surface area contributed by atoms with Crippen LogP contribution < -0.4 is 5.32 Å². The molecule has 0 saturated carbocycles. The Hall–Kier alpha value is -1.88. The Morgan fingerprint density at radius 3 is 2.50 bits per heavy atom. The van der Waals surface area contributed by atoms with Crippen molar-refractivity contribution in [1.29, 1.82) is 0 Å². The summed E-state index contributed by atoms with van der Waals surface area (Å²) in [6, 6.07) is 5.56. The fourth-order valence-corrected chi connectivity index (χ4v) is 1.25. The monoisotopic (exact) mass is 223 g/mol. The predicted molar refractivity (Wildman–Crippen MR) is 57.2 cm³/mol. The lowest BCUT2D eigenvalue weighted by molar-refractivity contribution is -0.140. The van der Waals surface area contributed by atoms with Gasteiger partial charge in [-0.25, -0.2) is 4.79 Å². The second-order valence-corrected chi connectivity index (χ2v) is 3.36. The number of aliphatic carboxylic acids is 1. The minimum Gasteiger partial charge on any atom is -0.480 e. The molecule has 0 heterocycles. The Morgan fingerprint density at radius 1 is 1.38 bits per heavy atom. The van der Waals surface area contributed by atoms with Crippen molar-refractivity contribution < 1.29 is 19.8 Å². The van der Waals surface area contributed by atoms with Gasteiger partial charge in [0.05, 0.1) is 6.61 Å². The lowest BCUT2D eigenvalue weighted by Gasteiger charge is -2.12. The van der Waals surface area contributed by atoms with E-state index in [0.717, 1.165) is 5.56 Å². The normalized spacial score (nSPS) is 11.9. The number of hydrogen-bond acceptors (Lipinski definition) is 3. The summed E-state index contributed by atoms with van der Waals surface area (Å²) in [5, 5.41) is 19.7. The number of carbonyl (C=O) groups excluding carboxylic acids is 1. The van der Waals surface area contributed by atoms with Crippen molar-refractivity contribution in [3.05, 3.63) is 35.4 Å². The van der Waals surface area contributed by atoms with E-state index in [2.05, 4.69) is 5.32 Å². The van der Waals surface area contributed by atoms with Gasteiger partial charge < -0.3 is 15.5 Å². The first kappa shape index (κ1) is 12.2. The molecule has 0 aromatic heterocycles. The van der Waals surface area contributed by atoms with Gasteiger partial charge in [-0.3, -0.25) is 4.79 Å². The maximum atomic E-state index is 11.7. The number of aliphatic hydroxyl groups excluding tert-OH is 1. The van der Waals surface area contributed by atoms with Gasteiger partial charge in [-0.15, -0.1) is 0 Å². The number of carbonyl (C=O) groups is 2. The van der Waals surface area contributed by atoms with E-state index in [9.17, 15) is 9.59 Å². The average Bonchev–Trinajstić information content (AvgIpc) is 2.25. The van der Waals surface area contributed by atoms with Gasteiger partial charge >= 0.3 is 5.97 Å². The number of amides is 1. The fraction of sp³-hybridized carbons (Fsp3) is 0.273. The maximum absolute atomic E-state index is 11.7. The van der Waals surface area contributed by atoms with Gasteiger partial charge in [-0.05, 0) is 18.6 Å². The van der Waals surface area contributed by atoms with E-state index in [1.807, 2.05) is 0 Å².